The van der Waals surface area contributed by atoms with Crippen LogP contribution in [0.25, 0.3) is 11.0 Å². The number of carbonyl (C=O) groups is 2. The van der Waals surface area contributed by atoms with Crippen LogP contribution in [0.2, 0.25) is 5.02 Å². The van der Waals surface area contributed by atoms with E-state index in [-0.39, 0.29) is 18.4 Å². The number of aromatic nitrogens is 2. The van der Waals surface area contributed by atoms with Crippen molar-refractivity contribution in [1.29, 1.82) is 0 Å². The number of carbonyl (C=O) groups excluding carboxylic acids is 2. The van der Waals surface area contributed by atoms with Gasteiger partial charge < -0.3 is 19.9 Å². The summed E-state index contributed by atoms with van der Waals surface area (Å²) in [4.78, 5) is 35.3. The number of imidazole rings is 1. The fourth-order valence-electron chi connectivity index (χ4n) is 3.72. The predicted octanol–water partition coefficient (Wildman–Crippen LogP) is 4.21. The molecule has 7 nitrogen and oxygen atoms in total. The summed E-state index contributed by atoms with van der Waals surface area (Å²) in [6.45, 7) is 7.26. The van der Waals surface area contributed by atoms with Crippen LogP contribution in [0, 0.1) is 6.92 Å². The predicted molar refractivity (Wildman–Crippen MR) is 129 cm³/mol. The van der Waals surface area contributed by atoms with Crippen molar-refractivity contribution in [3.05, 3.63) is 88.7 Å². The van der Waals surface area contributed by atoms with Crippen LogP contribution in [0.5, 0.6) is 0 Å². The number of hydrogen-bond donors (Lipinski definition) is 2. The second-order valence-electron chi connectivity index (χ2n) is 7.85. The maximum absolute atomic E-state index is 13.1. The molecule has 2 amide bonds. The molecule has 170 valence electrons. The Balaban J connectivity index is 1.53. The largest absolute Gasteiger partial charge is 0.375 e. The summed E-state index contributed by atoms with van der Waals surface area (Å²) >= 11 is 6.08. The lowest BCUT2D eigenvalue weighted by Crippen LogP contribution is -2.33. The molecule has 2 heterocycles. The second-order valence-corrected chi connectivity index (χ2v) is 8.28. The van der Waals surface area contributed by atoms with Crippen molar-refractivity contribution in [2.24, 2.45) is 0 Å². The summed E-state index contributed by atoms with van der Waals surface area (Å²) in [6, 6.07) is 9.96. The van der Waals surface area contributed by atoms with E-state index in [2.05, 4.69) is 21.9 Å². The molecule has 1 aliphatic heterocycles. The van der Waals surface area contributed by atoms with Crippen LogP contribution >= 0.6 is 11.6 Å². The van der Waals surface area contributed by atoms with Gasteiger partial charge in [0.1, 0.15) is 11.9 Å². The molecule has 2 aromatic carbocycles. The number of ether oxygens (including phenoxy) is 1. The summed E-state index contributed by atoms with van der Waals surface area (Å²) in [5, 5.41) is 3.57. The Morgan fingerprint density at radius 3 is 2.79 bits per heavy atom. The summed E-state index contributed by atoms with van der Waals surface area (Å²) < 4.78 is 5.61. The smallest absolute Gasteiger partial charge is 0.254 e. The van der Waals surface area contributed by atoms with Gasteiger partial charge in [-0.3, -0.25) is 9.59 Å². The van der Waals surface area contributed by atoms with Gasteiger partial charge in [-0.2, -0.15) is 0 Å². The number of nitrogens with zero attached hydrogens (tertiary/aromatic N) is 2. The van der Waals surface area contributed by atoms with Crippen molar-refractivity contribution in [3.8, 4) is 0 Å². The molecule has 1 atom stereocenters. The molecule has 3 aromatic rings. The summed E-state index contributed by atoms with van der Waals surface area (Å²) in [6.07, 6.45) is 5.58. The van der Waals surface area contributed by atoms with Crippen LogP contribution in [0.3, 0.4) is 0 Å². The number of aromatic amines is 1. The number of H-pyrrole nitrogens is 1. The Hall–Kier alpha value is -3.42. The van der Waals surface area contributed by atoms with Crippen LogP contribution in [-0.4, -0.2) is 53.0 Å². The number of fused-ring (bicyclic) bond motifs is 1. The number of hydrogen-bond acceptors (Lipinski definition) is 4. The molecule has 0 fully saturated rings. The third-order valence-electron chi connectivity index (χ3n) is 5.44. The van der Waals surface area contributed by atoms with Gasteiger partial charge in [-0.05, 0) is 48.9 Å². The highest BCUT2D eigenvalue weighted by Gasteiger charge is 2.22. The minimum absolute atomic E-state index is 0.0407. The van der Waals surface area contributed by atoms with E-state index < -0.39 is 6.04 Å². The maximum Gasteiger partial charge on any atom is 0.254 e. The van der Waals surface area contributed by atoms with E-state index in [9.17, 15) is 9.59 Å². The molecule has 1 unspecified atom stereocenters. The average Bonchev–Trinajstić information content (AvgIpc) is 3.48. The maximum atomic E-state index is 13.1. The van der Waals surface area contributed by atoms with E-state index >= 15 is 0 Å². The molecular weight excluding hydrogens is 440 g/mol. The highest BCUT2D eigenvalue weighted by Crippen LogP contribution is 2.21. The molecule has 33 heavy (non-hydrogen) atoms. The quantitative estimate of drug-likeness (QED) is 0.386. The number of benzene rings is 2. The molecule has 4 rings (SSSR count). The highest BCUT2D eigenvalue weighted by molar-refractivity contribution is 6.31. The van der Waals surface area contributed by atoms with Gasteiger partial charge >= 0.3 is 0 Å². The first-order valence-corrected chi connectivity index (χ1v) is 11.0. The Bertz CT molecular complexity index is 1230. The molecular formula is C25H25ClN4O3. The van der Waals surface area contributed by atoms with Gasteiger partial charge in [0.2, 0.25) is 0 Å². The van der Waals surface area contributed by atoms with E-state index in [0.717, 1.165) is 11.1 Å². The Labute approximate surface area is 197 Å². The number of amides is 2. The van der Waals surface area contributed by atoms with Crippen LogP contribution in [0.1, 0.15) is 38.1 Å². The minimum Gasteiger partial charge on any atom is -0.375 e. The molecule has 0 bridgehead atoms. The van der Waals surface area contributed by atoms with Crippen LogP contribution in [0.4, 0.5) is 0 Å². The lowest BCUT2D eigenvalue weighted by Gasteiger charge is -2.19. The number of halogens is 1. The van der Waals surface area contributed by atoms with E-state index in [1.807, 2.05) is 25.1 Å². The zero-order valence-corrected chi connectivity index (χ0v) is 19.1. The number of nitrogens with one attached hydrogen (secondary N) is 2. The highest BCUT2D eigenvalue weighted by atomic mass is 35.5. The molecule has 0 radical (unpaired) electrons. The molecule has 1 aliphatic rings. The van der Waals surface area contributed by atoms with E-state index in [1.54, 1.807) is 41.3 Å². The fraction of sp³-hybridized carbons (Fsp3) is 0.240. The van der Waals surface area contributed by atoms with Gasteiger partial charge in [0.15, 0.2) is 0 Å². The average molecular weight is 465 g/mol. The van der Waals surface area contributed by atoms with E-state index in [0.29, 0.717) is 47.2 Å². The van der Waals surface area contributed by atoms with Crippen molar-refractivity contribution >= 4 is 34.4 Å². The monoisotopic (exact) mass is 464 g/mol. The first kappa shape index (κ1) is 22.8. The van der Waals surface area contributed by atoms with Gasteiger partial charge in [-0.1, -0.05) is 29.8 Å². The molecule has 2 N–H and O–H groups in total. The number of rotatable bonds is 8. The lowest BCUT2D eigenvalue weighted by atomic mass is 10.0. The van der Waals surface area contributed by atoms with Crippen molar-refractivity contribution in [1.82, 2.24) is 20.2 Å². The lowest BCUT2D eigenvalue weighted by molar-refractivity contribution is 0.0797. The molecule has 1 aromatic heterocycles. The van der Waals surface area contributed by atoms with Gasteiger partial charge in [-0.25, -0.2) is 4.98 Å². The molecule has 0 saturated heterocycles. The van der Waals surface area contributed by atoms with Crippen molar-refractivity contribution < 1.29 is 14.3 Å². The second kappa shape index (κ2) is 10.0. The fourth-order valence-corrected chi connectivity index (χ4v) is 3.89. The van der Waals surface area contributed by atoms with Gasteiger partial charge in [0, 0.05) is 29.2 Å². The van der Waals surface area contributed by atoms with Crippen molar-refractivity contribution in [2.45, 2.75) is 13.0 Å². The molecule has 0 aliphatic carbocycles. The Morgan fingerprint density at radius 2 is 2.06 bits per heavy atom. The Kier molecular flexibility index (Phi) is 6.91. The Morgan fingerprint density at radius 1 is 1.27 bits per heavy atom. The van der Waals surface area contributed by atoms with Crippen LogP contribution < -0.4 is 5.32 Å². The molecule has 8 heteroatoms. The van der Waals surface area contributed by atoms with Crippen molar-refractivity contribution in [3.63, 3.8) is 0 Å². The van der Waals surface area contributed by atoms with Crippen LogP contribution in [-0.2, 0) is 4.74 Å². The first-order valence-electron chi connectivity index (χ1n) is 10.7. The summed E-state index contributed by atoms with van der Waals surface area (Å²) in [7, 11) is 0. The zero-order valence-electron chi connectivity index (χ0n) is 18.3. The molecule has 0 saturated carbocycles. The van der Waals surface area contributed by atoms with Crippen LogP contribution in [0.15, 0.2) is 61.2 Å². The van der Waals surface area contributed by atoms with Gasteiger partial charge in [-0.15, -0.1) is 6.58 Å². The van der Waals surface area contributed by atoms with E-state index in [4.69, 9.17) is 16.3 Å². The normalized spacial score (nSPS) is 13.9. The molecule has 0 spiro atoms. The van der Waals surface area contributed by atoms with Gasteiger partial charge in [0.25, 0.3) is 11.8 Å². The first-order chi connectivity index (χ1) is 16.0. The third kappa shape index (κ3) is 5.16. The third-order valence-corrected chi connectivity index (χ3v) is 5.68. The standard InChI is InChI=1S/C25H25ClN4O3/c1-3-12-33-15-22(23-27-20-9-7-18(26)14-21(20)28-23)29-24(31)17-6-8-19(16(2)13-17)25(32)30-10-4-5-11-30/h3-9,13-14,22H,1,10-12,15H2,2H3,(H,27,28)(H,29,31). The summed E-state index contributed by atoms with van der Waals surface area (Å²) in [5.74, 6) is 0.237. The number of aryl methyl sites for hydroxylation is 1. The van der Waals surface area contributed by atoms with Gasteiger partial charge in [0.05, 0.1) is 24.2 Å². The minimum atomic E-state index is -0.513. The zero-order chi connectivity index (χ0) is 23.4. The SMILES string of the molecule is C=CCOCC(NC(=O)c1ccc(C(=O)N2CC=CC2)c(C)c1)c1nc2cc(Cl)ccc2[nH]1. The summed E-state index contributed by atoms with van der Waals surface area (Å²) in [5.41, 5.74) is 3.31. The topological polar surface area (TPSA) is 87.3 Å². The van der Waals surface area contributed by atoms with E-state index in [1.165, 1.54) is 0 Å². The van der Waals surface area contributed by atoms with Crippen molar-refractivity contribution in [2.75, 3.05) is 26.3 Å².